The molecule has 1 aliphatic heterocycles. The first kappa shape index (κ1) is 23.2. The quantitative estimate of drug-likeness (QED) is 0.377. The molecular formula is C29H33N5O. The number of likely N-dealkylation sites (tertiary alicyclic amines) is 1. The molecule has 1 aromatic heterocycles. The van der Waals surface area contributed by atoms with Crippen molar-refractivity contribution in [3.8, 4) is 11.1 Å². The molecule has 5 N–H and O–H groups in total. The van der Waals surface area contributed by atoms with Crippen LogP contribution in [0.2, 0.25) is 0 Å². The smallest absolute Gasteiger partial charge is 0.248 e. The Morgan fingerprint density at radius 1 is 0.943 bits per heavy atom. The maximum Gasteiger partial charge on any atom is 0.248 e. The zero-order valence-electron chi connectivity index (χ0n) is 20.3. The van der Waals surface area contributed by atoms with Gasteiger partial charge in [-0.25, -0.2) is 4.98 Å². The van der Waals surface area contributed by atoms with Gasteiger partial charge >= 0.3 is 0 Å². The Hall–Kier alpha value is -3.51. The first-order valence-corrected chi connectivity index (χ1v) is 12.5. The molecule has 180 valence electrons. The van der Waals surface area contributed by atoms with E-state index in [9.17, 15) is 4.79 Å². The lowest BCUT2D eigenvalue weighted by molar-refractivity contribution is 0.1000. The maximum absolute atomic E-state index is 11.4. The maximum atomic E-state index is 11.4. The molecule has 1 saturated heterocycles. The number of primary amides is 1. The molecule has 5 rings (SSSR count). The van der Waals surface area contributed by atoms with Crippen molar-refractivity contribution in [1.29, 1.82) is 5.41 Å². The Balaban J connectivity index is 1.41. The predicted molar refractivity (Wildman–Crippen MR) is 141 cm³/mol. The van der Waals surface area contributed by atoms with Crippen LogP contribution in [0.1, 0.15) is 65.2 Å². The number of pyridine rings is 1. The average Bonchev–Trinajstić information content (AvgIpc) is 3.37. The number of carbonyl (C=O) groups excluding carboxylic acids is 1. The van der Waals surface area contributed by atoms with Gasteiger partial charge in [0, 0.05) is 34.0 Å². The molecular weight excluding hydrogens is 434 g/mol. The van der Waals surface area contributed by atoms with Gasteiger partial charge in [0.15, 0.2) is 0 Å². The van der Waals surface area contributed by atoms with Crippen LogP contribution in [0.4, 0.5) is 5.82 Å². The van der Waals surface area contributed by atoms with Gasteiger partial charge in [-0.05, 0) is 93.4 Å². The molecule has 0 spiro atoms. The lowest BCUT2D eigenvalue weighted by atomic mass is 9.90. The Labute approximate surface area is 206 Å². The summed E-state index contributed by atoms with van der Waals surface area (Å²) in [6, 6.07) is 15.4. The van der Waals surface area contributed by atoms with Crippen LogP contribution in [0.25, 0.3) is 11.1 Å². The number of amides is 1. The van der Waals surface area contributed by atoms with Gasteiger partial charge < -0.3 is 11.5 Å². The molecule has 2 heterocycles. The molecule has 2 aliphatic rings. The van der Waals surface area contributed by atoms with E-state index < -0.39 is 5.91 Å². The van der Waals surface area contributed by atoms with E-state index >= 15 is 0 Å². The summed E-state index contributed by atoms with van der Waals surface area (Å²) < 4.78 is 0. The van der Waals surface area contributed by atoms with Crippen molar-refractivity contribution < 1.29 is 4.79 Å². The first-order valence-electron chi connectivity index (χ1n) is 12.5. The van der Waals surface area contributed by atoms with Crippen molar-refractivity contribution in [3.05, 3.63) is 82.5 Å². The summed E-state index contributed by atoms with van der Waals surface area (Å²) in [7, 11) is 0. The standard InChI is InChI=1S/C29H33N5O/c1-29(34-14-2-3-15-34)12-10-19-4-9-22(16-23(19)11-13-29)24-17-25(27(31)33-18-24)26(30)20-5-7-21(8-6-20)28(32)35/h4-9,16-18,30H,2-3,10-15H2,1H3,(H2,31,33)(H2,32,35). The Morgan fingerprint density at radius 3 is 2.29 bits per heavy atom. The van der Waals surface area contributed by atoms with Gasteiger partial charge in [0.1, 0.15) is 5.82 Å². The SMILES string of the molecule is CC1(N2CCCC2)CCc2ccc(-c3cnc(N)c(C(=N)c4ccc(C(N)=O)cc4)c3)cc2CC1. The van der Waals surface area contributed by atoms with Crippen molar-refractivity contribution in [2.45, 2.75) is 51.0 Å². The van der Waals surface area contributed by atoms with Crippen LogP contribution in [0.5, 0.6) is 0 Å². The highest BCUT2D eigenvalue weighted by atomic mass is 16.1. The monoisotopic (exact) mass is 467 g/mol. The lowest BCUT2D eigenvalue weighted by Crippen LogP contribution is -2.44. The minimum absolute atomic E-state index is 0.268. The second-order valence-electron chi connectivity index (χ2n) is 10.1. The van der Waals surface area contributed by atoms with E-state index in [0.29, 0.717) is 22.5 Å². The van der Waals surface area contributed by atoms with E-state index in [1.807, 2.05) is 6.07 Å². The number of benzene rings is 2. The third-order valence-corrected chi connectivity index (χ3v) is 7.92. The van der Waals surface area contributed by atoms with Crippen LogP contribution in [0.3, 0.4) is 0 Å². The van der Waals surface area contributed by atoms with E-state index in [-0.39, 0.29) is 11.3 Å². The van der Waals surface area contributed by atoms with E-state index in [4.69, 9.17) is 16.9 Å². The van der Waals surface area contributed by atoms with E-state index in [1.54, 1.807) is 30.5 Å². The van der Waals surface area contributed by atoms with Crippen LogP contribution >= 0.6 is 0 Å². The number of nitrogens with zero attached hydrogens (tertiary/aromatic N) is 2. The van der Waals surface area contributed by atoms with Crippen LogP contribution in [-0.2, 0) is 12.8 Å². The fourth-order valence-electron chi connectivity index (χ4n) is 5.58. The highest BCUT2D eigenvalue weighted by Crippen LogP contribution is 2.36. The summed E-state index contributed by atoms with van der Waals surface area (Å²) in [5.74, 6) is -0.177. The summed E-state index contributed by atoms with van der Waals surface area (Å²) in [5, 5.41) is 8.71. The number of hydrogen-bond donors (Lipinski definition) is 3. The van der Waals surface area contributed by atoms with Crippen molar-refractivity contribution in [2.24, 2.45) is 5.73 Å². The molecule has 1 atom stereocenters. The Bertz CT molecular complexity index is 1280. The molecule has 0 saturated carbocycles. The minimum Gasteiger partial charge on any atom is -0.383 e. The summed E-state index contributed by atoms with van der Waals surface area (Å²) in [4.78, 5) is 18.5. The fourth-order valence-corrected chi connectivity index (χ4v) is 5.58. The predicted octanol–water partition coefficient (Wildman–Crippen LogP) is 4.58. The number of aromatic nitrogens is 1. The largest absolute Gasteiger partial charge is 0.383 e. The van der Waals surface area contributed by atoms with Crippen molar-refractivity contribution in [1.82, 2.24) is 9.88 Å². The van der Waals surface area contributed by atoms with Gasteiger partial charge in [0.25, 0.3) is 0 Å². The Morgan fingerprint density at radius 2 is 1.60 bits per heavy atom. The van der Waals surface area contributed by atoms with Crippen molar-refractivity contribution in [3.63, 3.8) is 0 Å². The fraction of sp³-hybridized carbons (Fsp3) is 0.345. The molecule has 1 unspecified atom stereocenters. The number of rotatable bonds is 5. The molecule has 0 bridgehead atoms. The van der Waals surface area contributed by atoms with Gasteiger partial charge in [-0.1, -0.05) is 30.3 Å². The average molecular weight is 468 g/mol. The molecule has 3 aromatic rings. The highest BCUT2D eigenvalue weighted by molar-refractivity contribution is 6.14. The zero-order valence-corrected chi connectivity index (χ0v) is 20.3. The summed E-state index contributed by atoms with van der Waals surface area (Å²) in [6.07, 6.45) is 9.01. The topological polar surface area (TPSA) is 109 Å². The number of nitrogen functional groups attached to an aromatic ring is 1. The molecule has 2 aromatic carbocycles. The zero-order chi connectivity index (χ0) is 24.6. The summed E-state index contributed by atoms with van der Waals surface area (Å²) >= 11 is 0. The van der Waals surface area contributed by atoms with Gasteiger partial charge in [0.2, 0.25) is 5.91 Å². The number of nitrogens with one attached hydrogen (secondary N) is 1. The van der Waals surface area contributed by atoms with Crippen molar-refractivity contribution >= 4 is 17.4 Å². The summed E-state index contributed by atoms with van der Waals surface area (Å²) in [6.45, 7) is 4.91. The normalized spacial score (nSPS) is 20.3. The minimum atomic E-state index is -0.491. The van der Waals surface area contributed by atoms with Gasteiger partial charge in [-0.2, -0.15) is 0 Å². The Kier molecular flexibility index (Phi) is 6.15. The molecule has 6 nitrogen and oxygen atoms in total. The third kappa shape index (κ3) is 4.58. The van der Waals surface area contributed by atoms with Crippen LogP contribution in [0.15, 0.2) is 54.7 Å². The number of carbonyl (C=O) groups is 1. The van der Waals surface area contributed by atoms with Gasteiger partial charge in [0.05, 0.1) is 5.71 Å². The second kappa shape index (κ2) is 9.27. The molecule has 0 radical (unpaired) electrons. The van der Waals surface area contributed by atoms with Crippen molar-refractivity contribution in [2.75, 3.05) is 18.8 Å². The molecule has 6 heteroatoms. The van der Waals surface area contributed by atoms with Gasteiger partial charge in [-0.15, -0.1) is 0 Å². The van der Waals surface area contributed by atoms with Gasteiger partial charge in [-0.3, -0.25) is 15.1 Å². The molecule has 1 fully saturated rings. The van der Waals surface area contributed by atoms with E-state index in [0.717, 1.165) is 24.0 Å². The van der Waals surface area contributed by atoms with E-state index in [2.05, 4.69) is 35.0 Å². The van der Waals surface area contributed by atoms with Crippen LogP contribution < -0.4 is 11.5 Å². The van der Waals surface area contributed by atoms with E-state index in [1.165, 1.54) is 49.9 Å². The number of nitrogens with two attached hydrogens (primary N) is 2. The number of anilines is 1. The second-order valence-corrected chi connectivity index (χ2v) is 10.1. The summed E-state index contributed by atoms with van der Waals surface area (Å²) in [5.41, 5.74) is 18.6. The first-order chi connectivity index (χ1) is 16.8. The molecule has 35 heavy (non-hydrogen) atoms. The number of aryl methyl sites for hydroxylation is 2. The lowest BCUT2D eigenvalue weighted by Gasteiger charge is -2.38. The number of fused-ring (bicyclic) bond motifs is 1. The number of hydrogen-bond acceptors (Lipinski definition) is 5. The highest BCUT2D eigenvalue weighted by Gasteiger charge is 2.34. The third-order valence-electron chi connectivity index (χ3n) is 7.92. The molecule has 1 aliphatic carbocycles. The molecule has 1 amide bonds. The van der Waals surface area contributed by atoms with Crippen LogP contribution in [0, 0.1) is 5.41 Å². The van der Waals surface area contributed by atoms with Crippen LogP contribution in [-0.4, -0.2) is 40.1 Å².